The van der Waals surface area contributed by atoms with E-state index in [1.54, 1.807) is 18.2 Å². The lowest BCUT2D eigenvalue weighted by atomic mass is 10.1. The molecule has 30 heavy (non-hydrogen) atoms. The molecule has 1 fully saturated rings. The summed E-state index contributed by atoms with van der Waals surface area (Å²) >= 11 is 6.73. The van der Waals surface area contributed by atoms with E-state index in [1.807, 2.05) is 45.0 Å². The van der Waals surface area contributed by atoms with Crippen LogP contribution in [-0.4, -0.2) is 29.7 Å². The van der Waals surface area contributed by atoms with Crippen molar-refractivity contribution in [3.63, 3.8) is 0 Å². The average molecular weight is 444 g/mol. The van der Waals surface area contributed by atoms with E-state index in [2.05, 4.69) is 0 Å². The van der Waals surface area contributed by atoms with Gasteiger partial charge in [-0.05, 0) is 56.7 Å². The first-order valence-corrected chi connectivity index (χ1v) is 10.8. The summed E-state index contributed by atoms with van der Waals surface area (Å²) in [6.45, 7) is 6.54. The summed E-state index contributed by atoms with van der Waals surface area (Å²) < 4.78 is 22.7. The van der Waals surface area contributed by atoms with Crippen LogP contribution in [0.2, 0.25) is 0 Å². The maximum absolute atomic E-state index is 13.1. The highest BCUT2D eigenvalue weighted by molar-refractivity contribution is 8.27. The number of nitrogens with zero attached hydrogens (tertiary/aromatic N) is 1. The summed E-state index contributed by atoms with van der Waals surface area (Å²) in [5.41, 5.74) is 1.49. The molecule has 0 spiro atoms. The highest BCUT2D eigenvalue weighted by Crippen LogP contribution is 2.41. The molecule has 4 rings (SSSR count). The predicted octanol–water partition coefficient (Wildman–Crippen LogP) is 5.01. The molecule has 1 amide bonds. The fourth-order valence-electron chi connectivity index (χ4n) is 3.10. The van der Waals surface area contributed by atoms with Crippen molar-refractivity contribution in [2.24, 2.45) is 0 Å². The van der Waals surface area contributed by atoms with Crippen molar-refractivity contribution in [3.05, 3.63) is 46.9 Å². The number of rotatable bonds is 6. The van der Waals surface area contributed by atoms with Gasteiger partial charge in [-0.15, -0.1) is 0 Å². The molecule has 0 aromatic heterocycles. The van der Waals surface area contributed by atoms with Crippen LogP contribution in [0, 0.1) is 0 Å². The van der Waals surface area contributed by atoms with Crippen LogP contribution in [0.25, 0.3) is 6.08 Å². The molecule has 2 aliphatic heterocycles. The maximum atomic E-state index is 13.1. The van der Waals surface area contributed by atoms with Gasteiger partial charge in [-0.3, -0.25) is 9.69 Å². The minimum absolute atomic E-state index is 0.0352. The van der Waals surface area contributed by atoms with Crippen LogP contribution in [0.15, 0.2) is 41.3 Å². The molecule has 0 radical (unpaired) electrons. The van der Waals surface area contributed by atoms with Crippen molar-refractivity contribution >= 4 is 46.0 Å². The van der Waals surface area contributed by atoms with Crippen LogP contribution in [0.3, 0.4) is 0 Å². The van der Waals surface area contributed by atoms with Crippen LogP contribution in [-0.2, 0) is 4.79 Å². The number of carbonyl (C=O) groups is 1. The van der Waals surface area contributed by atoms with E-state index in [1.165, 1.54) is 16.7 Å². The minimum Gasteiger partial charge on any atom is -0.490 e. The van der Waals surface area contributed by atoms with Gasteiger partial charge in [0.25, 0.3) is 5.91 Å². The summed E-state index contributed by atoms with van der Waals surface area (Å²) in [7, 11) is 0. The number of carbonyl (C=O) groups excluding carboxylic acids is 1. The van der Waals surface area contributed by atoms with E-state index in [-0.39, 0.29) is 18.8 Å². The average Bonchev–Trinajstić information content (AvgIpc) is 3.27. The van der Waals surface area contributed by atoms with Gasteiger partial charge in [-0.2, -0.15) is 0 Å². The Labute approximate surface area is 184 Å². The number of thiocarbonyl (C=S) groups is 1. The molecule has 2 heterocycles. The van der Waals surface area contributed by atoms with Gasteiger partial charge in [-0.25, -0.2) is 0 Å². The predicted molar refractivity (Wildman–Crippen MR) is 122 cm³/mol. The quantitative estimate of drug-likeness (QED) is 0.460. The van der Waals surface area contributed by atoms with Gasteiger partial charge in [0.05, 0.1) is 23.3 Å². The lowest BCUT2D eigenvalue weighted by molar-refractivity contribution is -0.113. The molecule has 0 atom stereocenters. The van der Waals surface area contributed by atoms with Crippen molar-refractivity contribution in [2.45, 2.75) is 26.9 Å². The van der Waals surface area contributed by atoms with Crippen molar-refractivity contribution in [2.75, 3.05) is 18.3 Å². The van der Waals surface area contributed by atoms with E-state index in [0.717, 1.165) is 5.56 Å². The molecule has 8 heteroatoms. The van der Waals surface area contributed by atoms with E-state index < -0.39 is 0 Å². The van der Waals surface area contributed by atoms with Crippen molar-refractivity contribution in [1.82, 2.24) is 0 Å². The van der Waals surface area contributed by atoms with Crippen LogP contribution in [0.1, 0.15) is 26.3 Å². The zero-order valence-corrected chi connectivity index (χ0v) is 18.5. The van der Waals surface area contributed by atoms with Crippen molar-refractivity contribution in [3.8, 4) is 23.0 Å². The second-order valence-corrected chi connectivity index (χ2v) is 8.54. The normalized spacial score (nSPS) is 16.7. The lowest BCUT2D eigenvalue weighted by Crippen LogP contribution is -2.27. The number of hydrogen-bond donors (Lipinski definition) is 0. The molecule has 0 N–H and O–H groups in total. The van der Waals surface area contributed by atoms with Crippen molar-refractivity contribution in [1.29, 1.82) is 0 Å². The van der Waals surface area contributed by atoms with Gasteiger partial charge in [0.2, 0.25) is 6.79 Å². The summed E-state index contributed by atoms with van der Waals surface area (Å²) in [6.07, 6.45) is 1.85. The number of benzene rings is 2. The second kappa shape index (κ2) is 8.57. The standard InChI is InChI=1S/C22H21NO5S2/c1-4-25-18-9-14(5-7-17(18)28-13(2)3)10-20-21(24)23(22(29)30-20)15-6-8-16-19(11-15)27-12-26-16/h5-11,13H,4,12H2,1-3H3/b20-10+. The molecule has 2 aliphatic rings. The molecule has 1 saturated heterocycles. The first kappa shape index (κ1) is 20.6. The topological polar surface area (TPSA) is 57.2 Å². The molecule has 0 unspecified atom stereocenters. The third kappa shape index (κ3) is 4.11. The molecule has 156 valence electrons. The molecule has 2 aromatic rings. The highest BCUT2D eigenvalue weighted by Gasteiger charge is 2.34. The molecular formula is C22H21NO5S2. The SMILES string of the molecule is CCOc1cc(/C=C2/SC(=S)N(c3ccc4c(c3)OCO4)C2=O)ccc1OC(C)C. The van der Waals surface area contributed by atoms with E-state index in [0.29, 0.717) is 44.5 Å². The van der Waals surface area contributed by atoms with Gasteiger partial charge in [-0.1, -0.05) is 30.0 Å². The van der Waals surface area contributed by atoms with Crippen LogP contribution in [0.4, 0.5) is 5.69 Å². The Bertz CT molecular complexity index is 1030. The molecule has 6 nitrogen and oxygen atoms in total. The Morgan fingerprint density at radius 1 is 1.17 bits per heavy atom. The highest BCUT2D eigenvalue weighted by atomic mass is 32.2. The number of thioether (sulfide) groups is 1. The van der Waals surface area contributed by atoms with Gasteiger partial charge < -0.3 is 18.9 Å². The Hall–Kier alpha value is -2.71. The Morgan fingerprint density at radius 2 is 1.97 bits per heavy atom. The fraction of sp³-hybridized carbons (Fsp3) is 0.273. The van der Waals surface area contributed by atoms with E-state index >= 15 is 0 Å². The van der Waals surface area contributed by atoms with Crippen LogP contribution >= 0.6 is 24.0 Å². The van der Waals surface area contributed by atoms with Crippen LogP contribution in [0.5, 0.6) is 23.0 Å². The molecular weight excluding hydrogens is 422 g/mol. The molecule has 0 saturated carbocycles. The molecule has 2 aromatic carbocycles. The smallest absolute Gasteiger partial charge is 0.270 e. The molecule has 0 bridgehead atoms. The minimum atomic E-state index is -0.177. The van der Waals surface area contributed by atoms with Crippen molar-refractivity contribution < 1.29 is 23.7 Å². The third-order valence-corrected chi connectivity index (χ3v) is 5.64. The largest absolute Gasteiger partial charge is 0.490 e. The monoisotopic (exact) mass is 443 g/mol. The number of ether oxygens (including phenoxy) is 4. The molecule has 0 aliphatic carbocycles. The second-order valence-electron chi connectivity index (χ2n) is 6.86. The summed E-state index contributed by atoms with van der Waals surface area (Å²) in [5, 5.41) is 0. The number of fused-ring (bicyclic) bond motifs is 1. The number of hydrogen-bond acceptors (Lipinski definition) is 7. The summed E-state index contributed by atoms with van der Waals surface area (Å²) in [5.74, 6) is 2.41. The first-order chi connectivity index (χ1) is 14.5. The zero-order valence-electron chi connectivity index (χ0n) is 16.8. The van der Waals surface area contributed by atoms with Crippen LogP contribution < -0.4 is 23.8 Å². The Morgan fingerprint density at radius 3 is 2.73 bits per heavy atom. The fourth-order valence-corrected chi connectivity index (χ4v) is 4.40. The third-order valence-electron chi connectivity index (χ3n) is 4.34. The van der Waals surface area contributed by atoms with E-state index in [4.69, 9.17) is 31.2 Å². The van der Waals surface area contributed by atoms with Gasteiger partial charge in [0.1, 0.15) is 0 Å². The van der Waals surface area contributed by atoms with E-state index in [9.17, 15) is 4.79 Å². The number of anilines is 1. The maximum Gasteiger partial charge on any atom is 0.270 e. The van der Waals surface area contributed by atoms with Gasteiger partial charge in [0, 0.05) is 6.07 Å². The van der Waals surface area contributed by atoms with Gasteiger partial charge in [0.15, 0.2) is 27.3 Å². The summed E-state index contributed by atoms with van der Waals surface area (Å²) in [6, 6.07) is 11.0. The Kier molecular flexibility index (Phi) is 5.87. The number of amides is 1. The lowest BCUT2D eigenvalue weighted by Gasteiger charge is -2.15. The first-order valence-electron chi connectivity index (χ1n) is 9.57. The van der Waals surface area contributed by atoms with Gasteiger partial charge >= 0.3 is 0 Å². The Balaban J connectivity index is 1.61. The zero-order chi connectivity index (χ0) is 21.3. The summed E-state index contributed by atoms with van der Waals surface area (Å²) in [4.78, 5) is 15.1.